The van der Waals surface area contributed by atoms with E-state index < -0.39 is 23.3 Å². The lowest BCUT2D eigenvalue weighted by Gasteiger charge is -2.28. The molecule has 1 atom stereocenters. The highest BCUT2D eigenvalue weighted by atomic mass is 19.1. The quantitative estimate of drug-likeness (QED) is 0.606. The molecule has 0 aliphatic heterocycles. The number of nitrogens with one attached hydrogen (secondary N) is 1. The van der Waals surface area contributed by atoms with Gasteiger partial charge in [-0.25, -0.2) is 4.79 Å². The van der Waals surface area contributed by atoms with Gasteiger partial charge in [0, 0.05) is 11.9 Å². The minimum Gasteiger partial charge on any atom is -0.467 e. The lowest BCUT2D eigenvalue weighted by Crippen LogP contribution is -2.49. The van der Waals surface area contributed by atoms with E-state index in [4.69, 9.17) is 4.74 Å². The molecule has 6 nitrogen and oxygen atoms in total. The maximum atomic E-state index is 12.8. The first-order valence-corrected chi connectivity index (χ1v) is 8.69. The summed E-state index contributed by atoms with van der Waals surface area (Å²) in [6.07, 6.45) is 1.08. The third-order valence-corrected chi connectivity index (χ3v) is 4.20. The lowest BCUT2D eigenvalue weighted by molar-refractivity contribution is -0.145. The summed E-state index contributed by atoms with van der Waals surface area (Å²) in [6, 6.07) is 6.58. The molecule has 7 heteroatoms. The van der Waals surface area contributed by atoms with Crippen molar-refractivity contribution in [3.05, 3.63) is 30.0 Å². The van der Waals surface area contributed by atoms with E-state index in [9.17, 15) is 14.0 Å². The van der Waals surface area contributed by atoms with Crippen LogP contribution >= 0.6 is 0 Å². The van der Waals surface area contributed by atoms with Crippen molar-refractivity contribution in [2.45, 2.75) is 46.2 Å². The molecule has 0 aliphatic rings. The van der Waals surface area contributed by atoms with Crippen LogP contribution in [0.25, 0.3) is 10.9 Å². The first kappa shape index (κ1) is 19.9. The number of aromatic nitrogens is 2. The van der Waals surface area contributed by atoms with E-state index in [-0.39, 0.29) is 12.4 Å². The minimum atomic E-state index is -0.796. The van der Waals surface area contributed by atoms with Crippen LogP contribution < -0.4 is 5.32 Å². The van der Waals surface area contributed by atoms with E-state index in [0.717, 1.165) is 5.52 Å². The molecule has 1 aromatic heterocycles. The number of carbonyl (C=O) groups excluding carboxylic acids is 2. The van der Waals surface area contributed by atoms with E-state index in [1.165, 1.54) is 7.11 Å². The van der Waals surface area contributed by atoms with Crippen molar-refractivity contribution >= 4 is 22.8 Å². The van der Waals surface area contributed by atoms with Gasteiger partial charge in [-0.1, -0.05) is 39.0 Å². The molecule has 0 saturated heterocycles. The fraction of sp³-hybridized carbons (Fsp3) is 0.526. The van der Waals surface area contributed by atoms with Crippen molar-refractivity contribution in [1.29, 1.82) is 0 Å². The average Bonchev–Trinajstić information content (AvgIpc) is 2.97. The molecule has 1 amide bonds. The largest absolute Gasteiger partial charge is 0.467 e. The third kappa shape index (κ3) is 4.39. The number of rotatable bonds is 7. The summed E-state index contributed by atoms with van der Waals surface area (Å²) < 4.78 is 18.9. The van der Waals surface area contributed by atoms with Crippen molar-refractivity contribution in [2.75, 3.05) is 13.8 Å². The molecule has 2 rings (SSSR count). The number of fused-ring (bicyclic) bond motifs is 1. The van der Waals surface area contributed by atoms with Crippen LogP contribution in [0.4, 0.5) is 4.39 Å². The van der Waals surface area contributed by atoms with Gasteiger partial charge in [0.1, 0.15) is 6.04 Å². The highest BCUT2D eigenvalue weighted by molar-refractivity contribution is 6.06. The van der Waals surface area contributed by atoms with Crippen LogP contribution in [-0.2, 0) is 16.1 Å². The van der Waals surface area contributed by atoms with Crippen LogP contribution in [0, 0.1) is 5.41 Å². The number of ether oxygens (including phenoxy) is 1. The van der Waals surface area contributed by atoms with Crippen LogP contribution in [-0.4, -0.2) is 41.5 Å². The number of halogens is 1. The second-order valence-electron chi connectivity index (χ2n) is 7.28. The highest BCUT2D eigenvalue weighted by Gasteiger charge is 2.34. The molecule has 2 aromatic rings. The van der Waals surface area contributed by atoms with Gasteiger partial charge in [-0.2, -0.15) is 5.10 Å². The van der Waals surface area contributed by atoms with Crippen LogP contribution in [0.5, 0.6) is 0 Å². The Bertz CT molecular complexity index is 780. The summed E-state index contributed by atoms with van der Waals surface area (Å²) in [4.78, 5) is 24.9. The number of hydrogen-bond donors (Lipinski definition) is 1. The number of methoxy groups -OCH3 is 1. The topological polar surface area (TPSA) is 73.2 Å². The molecular weight excluding hydrogens is 337 g/mol. The van der Waals surface area contributed by atoms with Gasteiger partial charge in [0.2, 0.25) is 0 Å². The Labute approximate surface area is 152 Å². The Morgan fingerprint density at radius 3 is 2.58 bits per heavy atom. The number of carbonyl (C=O) groups is 2. The van der Waals surface area contributed by atoms with Gasteiger partial charge in [-0.05, 0) is 24.3 Å². The van der Waals surface area contributed by atoms with Crippen molar-refractivity contribution in [3.8, 4) is 0 Å². The van der Waals surface area contributed by atoms with E-state index in [2.05, 4.69) is 10.4 Å². The molecular formula is C19H26FN3O3. The van der Waals surface area contributed by atoms with Gasteiger partial charge >= 0.3 is 5.97 Å². The Kier molecular flexibility index (Phi) is 6.34. The van der Waals surface area contributed by atoms with E-state index >= 15 is 0 Å². The predicted octanol–water partition coefficient (Wildman–Crippen LogP) is 3.10. The SMILES string of the molecule is COC(=O)[C@H](NC(=O)c1nn(CCCCF)c2ccccc12)C(C)(C)C. The standard InChI is InChI=1S/C19H26FN3O3/c1-19(2,3)16(18(25)26-4)21-17(24)15-13-9-5-6-10-14(13)23(22-15)12-8-7-11-20/h5-6,9-10,16H,7-8,11-12H2,1-4H3,(H,21,24)/t16-/m0/s1. The van der Waals surface area contributed by atoms with Crippen LogP contribution in [0.1, 0.15) is 44.1 Å². The summed E-state index contributed by atoms with van der Waals surface area (Å²) in [6.45, 7) is 5.70. The van der Waals surface area contributed by atoms with Gasteiger partial charge in [0.05, 0.1) is 19.3 Å². The number of para-hydroxylation sites is 1. The number of nitrogens with zero attached hydrogens (tertiary/aromatic N) is 2. The highest BCUT2D eigenvalue weighted by Crippen LogP contribution is 2.23. The molecule has 0 radical (unpaired) electrons. The molecule has 26 heavy (non-hydrogen) atoms. The van der Waals surface area contributed by atoms with Crippen molar-refractivity contribution in [1.82, 2.24) is 15.1 Å². The molecule has 0 aliphatic carbocycles. The number of esters is 1. The molecule has 142 valence electrons. The van der Waals surface area contributed by atoms with E-state index in [1.807, 2.05) is 45.0 Å². The fourth-order valence-electron chi connectivity index (χ4n) is 2.77. The zero-order valence-electron chi connectivity index (χ0n) is 15.7. The Morgan fingerprint density at radius 2 is 1.96 bits per heavy atom. The first-order chi connectivity index (χ1) is 12.3. The minimum absolute atomic E-state index is 0.249. The fourth-order valence-corrected chi connectivity index (χ4v) is 2.77. The molecule has 0 unspecified atom stereocenters. The van der Waals surface area contributed by atoms with Crippen molar-refractivity contribution in [3.63, 3.8) is 0 Å². The monoisotopic (exact) mass is 363 g/mol. The summed E-state index contributed by atoms with van der Waals surface area (Å²) in [5.41, 5.74) is 0.545. The molecule has 0 saturated carbocycles. The number of unbranched alkanes of at least 4 members (excludes halogenated alkanes) is 1. The lowest BCUT2D eigenvalue weighted by atomic mass is 9.86. The average molecular weight is 363 g/mol. The van der Waals surface area contributed by atoms with Crippen molar-refractivity contribution in [2.24, 2.45) is 5.41 Å². The first-order valence-electron chi connectivity index (χ1n) is 8.69. The summed E-state index contributed by atoms with van der Waals surface area (Å²) >= 11 is 0. The number of benzene rings is 1. The van der Waals surface area contributed by atoms with Crippen LogP contribution in [0.15, 0.2) is 24.3 Å². The van der Waals surface area contributed by atoms with Crippen LogP contribution in [0.3, 0.4) is 0 Å². The summed E-state index contributed by atoms with van der Waals surface area (Å²) in [7, 11) is 1.29. The summed E-state index contributed by atoms with van der Waals surface area (Å²) in [5, 5.41) is 7.86. The molecule has 0 bridgehead atoms. The predicted molar refractivity (Wildman–Crippen MR) is 97.7 cm³/mol. The van der Waals surface area contributed by atoms with Gasteiger partial charge < -0.3 is 10.1 Å². The van der Waals surface area contributed by atoms with E-state index in [1.54, 1.807) is 4.68 Å². The zero-order chi connectivity index (χ0) is 19.3. The number of hydrogen-bond acceptors (Lipinski definition) is 4. The Hall–Kier alpha value is -2.44. The van der Waals surface area contributed by atoms with Gasteiger partial charge in [0.25, 0.3) is 5.91 Å². The van der Waals surface area contributed by atoms with Gasteiger partial charge in [-0.3, -0.25) is 13.9 Å². The normalized spacial score (nSPS) is 12.8. The molecule has 1 aromatic carbocycles. The smallest absolute Gasteiger partial charge is 0.328 e. The third-order valence-electron chi connectivity index (χ3n) is 4.20. The van der Waals surface area contributed by atoms with Gasteiger partial charge in [0.15, 0.2) is 5.69 Å². The molecule has 1 N–H and O–H groups in total. The van der Waals surface area contributed by atoms with Crippen LogP contribution in [0.2, 0.25) is 0 Å². The molecule has 0 spiro atoms. The van der Waals surface area contributed by atoms with E-state index in [0.29, 0.717) is 24.8 Å². The Balaban J connectivity index is 2.33. The maximum Gasteiger partial charge on any atom is 0.328 e. The molecule has 0 fully saturated rings. The second kappa shape index (κ2) is 8.29. The molecule has 1 heterocycles. The van der Waals surface area contributed by atoms with Gasteiger partial charge in [-0.15, -0.1) is 0 Å². The number of amides is 1. The summed E-state index contributed by atoms with van der Waals surface area (Å²) in [5.74, 6) is -0.937. The number of aryl methyl sites for hydroxylation is 1. The Morgan fingerprint density at radius 1 is 1.27 bits per heavy atom. The maximum absolute atomic E-state index is 12.8. The number of alkyl halides is 1. The van der Waals surface area contributed by atoms with Crippen molar-refractivity contribution < 1.29 is 18.7 Å². The second-order valence-corrected chi connectivity index (χ2v) is 7.28. The zero-order valence-corrected chi connectivity index (χ0v) is 15.7.